The Morgan fingerprint density at radius 3 is 2.20 bits per heavy atom. The average molecular weight is 213 g/mol. The van der Waals surface area contributed by atoms with Gasteiger partial charge in [0.1, 0.15) is 0 Å². The van der Waals surface area contributed by atoms with Crippen molar-refractivity contribution in [3.8, 4) is 0 Å². The van der Waals surface area contributed by atoms with Gasteiger partial charge in [0.15, 0.2) is 12.4 Å². The third-order valence-corrected chi connectivity index (χ3v) is 2.53. The highest BCUT2D eigenvalue weighted by Gasteiger charge is 2.24. The maximum atomic E-state index is 11.5. The molecule has 1 fully saturated rings. The molecule has 4 heteroatoms. The van der Waals surface area contributed by atoms with E-state index in [1.807, 2.05) is 20.8 Å². The molecule has 0 spiro atoms. The zero-order chi connectivity index (χ0) is 11.5. The van der Waals surface area contributed by atoms with Crippen LogP contribution in [0.2, 0.25) is 0 Å². The number of carbonyl (C=O) groups excluding carboxylic acids is 2. The second-order valence-corrected chi connectivity index (χ2v) is 4.92. The number of likely N-dealkylation sites (tertiary alicyclic amines) is 1. The van der Waals surface area contributed by atoms with E-state index in [0.717, 1.165) is 25.9 Å². The molecule has 0 atom stereocenters. The number of rotatable bonds is 2. The smallest absolute Gasteiger partial charge is 0.410 e. The summed E-state index contributed by atoms with van der Waals surface area (Å²) in [4.78, 5) is 24.6. The van der Waals surface area contributed by atoms with E-state index in [9.17, 15) is 9.59 Å². The summed E-state index contributed by atoms with van der Waals surface area (Å²) in [6.07, 6.45) is 1.70. The number of hydrogen-bond donors (Lipinski definition) is 0. The molecule has 0 aliphatic carbocycles. The maximum Gasteiger partial charge on any atom is 0.410 e. The summed E-state index contributed by atoms with van der Waals surface area (Å²) in [5, 5.41) is 0. The maximum absolute atomic E-state index is 11.5. The van der Waals surface area contributed by atoms with Gasteiger partial charge in [-0.3, -0.25) is 4.79 Å². The van der Waals surface area contributed by atoms with Gasteiger partial charge in [-0.05, 0) is 12.8 Å². The Kier molecular flexibility index (Phi) is 3.72. The average Bonchev–Trinajstić information content (AvgIpc) is 2.64. The van der Waals surface area contributed by atoms with Gasteiger partial charge in [-0.2, -0.15) is 0 Å². The first-order chi connectivity index (χ1) is 6.91. The van der Waals surface area contributed by atoms with Crippen LogP contribution in [0.1, 0.15) is 33.6 Å². The van der Waals surface area contributed by atoms with Crippen LogP contribution in [0, 0.1) is 5.41 Å². The molecule has 0 N–H and O–H groups in total. The molecular formula is C11H19NO3. The van der Waals surface area contributed by atoms with Crippen LogP contribution in [0.3, 0.4) is 0 Å². The minimum atomic E-state index is -0.439. The van der Waals surface area contributed by atoms with Gasteiger partial charge in [0, 0.05) is 18.5 Å². The van der Waals surface area contributed by atoms with Crippen molar-refractivity contribution < 1.29 is 14.3 Å². The van der Waals surface area contributed by atoms with E-state index in [4.69, 9.17) is 4.74 Å². The lowest BCUT2D eigenvalue weighted by atomic mass is 9.91. The molecule has 1 heterocycles. The van der Waals surface area contributed by atoms with Crippen molar-refractivity contribution in [2.75, 3.05) is 19.7 Å². The van der Waals surface area contributed by atoms with Gasteiger partial charge in [0.05, 0.1) is 0 Å². The van der Waals surface area contributed by atoms with Gasteiger partial charge in [-0.1, -0.05) is 20.8 Å². The summed E-state index contributed by atoms with van der Waals surface area (Å²) in [7, 11) is 0. The van der Waals surface area contributed by atoms with Crippen LogP contribution >= 0.6 is 0 Å². The first kappa shape index (κ1) is 12.0. The topological polar surface area (TPSA) is 46.6 Å². The number of nitrogens with zero attached hydrogens (tertiary/aromatic N) is 1. The van der Waals surface area contributed by atoms with Crippen molar-refractivity contribution in [2.45, 2.75) is 33.6 Å². The molecule has 86 valence electrons. The Bertz CT molecular complexity index is 249. The molecule has 4 nitrogen and oxygen atoms in total. The molecule has 1 rings (SSSR count). The SMILES string of the molecule is CC(C)(C)C(=O)COC(=O)N1CCCC1. The monoisotopic (exact) mass is 213 g/mol. The number of hydrogen-bond acceptors (Lipinski definition) is 3. The van der Waals surface area contributed by atoms with Gasteiger partial charge in [-0.15, -0.1) is 0 Å². The highest BCUT2D eigenvalue weighted by Crippen LogP contribution is 2.15. The molecule has 15 heavy (non-hydrogen) atoms. The van der Waals surface area contributed by atoms with Crippen LogP contribution in [0.5, 0.6) is 0 Å². The zero-order valence-electron chi connectivity index (χ0n) is 9.71. The molecular weight excluding hydrogens is 194 g/mol. The molecule has 1 aliphatic rings. The van der Waals surface area contributed by atoms with Gasteiger partial charge in [0.2, 0.25) is 0 Å². The van der Waals surface area contributed by atoms with E-state index in [0.29, 0.717) is 0 Å². The number of ketones is 1. The highest BCUT2D eigenvalue weighted by atomic mass is 16.6. The molecule has 0 aromatic carbocycles. The third kappa shape index (κ3) is 3.53. The number of amides is 1. The summed E-state index contributed by atoms with van der Waals surface area (Å²) in [6.45, 7) is 6.85. The van der Waals surface area contributed by atoms with Crippen molar-refractivity contribution in [1.29, 1.82) is 0 Å². The van der Waals surface area contributed by atoms with Crippen LogP contribution in [-0.2, 0) is 9.53 Å². The fourth-order valence-electron chi connectivity index (χ4n) is 1.33. The van der Waals surface area contributed by atoms with Crippen molar-refractivity contribution in [3.05, 3.63) is 0 Å². The van der Waals surface area contributed by atoms with Crippen LogP contribution in [0.25, 0.3) is 0 Å². The van der Waals surface area contributed by atoms with Crippen molar-refractivity contribution in [1.82, 2.24) is 4.90 Å². The molecule has 1 saturated heterocycles. The lowest BCUT2D eigenvalue weighted by Gasteiger charge is -2.19. The van der Waals surface area contributed by atoms with Crippen molar-refractivity contribution in [2.24, 2.45) is 5.41 Å². The summed E-state index contributed by atoms with van der Waals surface area (Å²) < 4.78 is 4.95. The Morgan fingerprint density at radius 1 is 1.20 bits per heavy atom. The van der Waals surface area contributed by atoms with Crippen molar-refractivity contribution in [3.63, 3.8) is 0 Å². The van der Waals surface area contributed by atoms with E-state index >= 15 is 0 Å². The van der Waals surface area contributed by atoms with Crippen LogP contribution < -0.4 is 0 Å². The molecule has 0 aromatic rings. The summed E-state index contributed by atoms with van der Waals surface area (Å²) >= 11 is 0. The molecule has 1 aliphatic heterocycles. The highest BCUT2D eigenvalue weighted by molar-refractivity contribution is 5.86. The Hall–Kier alpha value is -1.06. The minimum absolute atomic E-state index is 0.0463. The van der Waals surface area contributed by atoms with Crippen LogP contribution in [-0.4, -0.2) is 36.5 Å². The molecule has 0 aromatic heterocycles. The number of carbonyl (C=O) groups is 2. The second-order valence-electron chi connectivity index (χ2n) is 4.92. The minimum Gasteiger partial charge on any atom is -0.441 e. The lowest BCUT2D eigenvalue weighted by Crippen LogP contribution is -2.32. The molecule has 0 bridgehead atoms. The molecule has 0 radical (unpaired) electrons. The molecule has 1 amide bonds. The predicted molar refractivity (Wildman–Crippen MR) is 56.6 cm³/mol. The number of Topliss-reactive ketones (excluding diaryl/α,β-unsaturated/α-hetero) is 1. The standard InChI is InChI=1S/C11H19NO3/c1-11(2,3)9(13)8-15-10(14)12-6-4-5-7-12/h4-8H2,1-3H3. The molecule has 0 saturated carbocycles. The first-order valence-electron chi connectivity index (χ1n) is 5.36. The van der Waals surface area contributed by atoms with E-state index in [1.165, 1.54) is 0 Å². The Labute approximate surface area is 90.6 Å². The van der Waals surface area contributed by atoms with Gasteiger partial charge < -0.3 is 9.64 Å². The van der Waals surface area contributed by atoms with E-state index < -0.39 is 5.41 Å². The summed E-state index contributed by atoms with van der Waals surface area (Å²) in [5.74, 6) is -0.0463. The van der Waals surface area contributed by atoms with E-state index in [1.54, 1.807) is 4.90 Å². The molecule has 0 unspecified atom stereocenters. The van der Waals surface area contributed by atoms with Gasteiger partial charge >= 0.3 is 6.09 Å². The largest absolute Gasteiger partial charge is 0.441 e. The third-order valence-electron chi connectivity index (χ3n) is 2.53. The van der Waals surface area contributed by atoms with Gasteiger partial charge in [-0.25, -0.2) is 4.79 Å². The predicted octanol–water partition coefficient (Wildman–Crippen LogP) is 1.83. The van der Waals surface area contributed by atoms with E-state index in [-0.39, 0.29) is 18.5 Å². The van der Waals surface area contributed by atoms with Crippen LogP contribution in [0.4, 0.5) is 4.79 Å². The first-order valence-corrected chi connectivity index (χ1v) is 5.36. The van der Waals surface area contributed by atoms with Crippen molar-refractivity contribution >= 4 is 11.9 Å². The Morgan fingerprint density at radius 2 is 1.73 bits per heavy atom. The van der Waals surface area contributed by atoms with Gasteiger partial charge in [0.25, 0.3) is 0 Å². The fourth-order valence-corrected chi connectivity index (χ4v) is 1.33. The quantitative estimate of drug-likeness (QED) is 0.703. The normalized spacial score (nSPS) is 16.6. The lowest BCUT2D eigenvalue weighted by molar-refractivity contribution is -0.129. The zero-order valence-corrected chi connectivity index (χ0v) is 9.71. The fraction of sp³-hybridized carbons (Fsp3) is 0.818. The summed E-state index contributed by atoms with van der Waals surface area (Å²) in [6, 6.07) is 0. The Balaban J connectivity index is 2.30. The summed E-state index contributed by atoms with van der Waals surface area (Å²) in [5.41, 5.74) is -0.439. The van der Waals surface area contributed by atoms with Crippen LogP contribution in [0.15, 0.2) is 0 Å². The number of ether oxygens (including phenoxy) is 1. The second kappa shape index (κ2) is 4.64. The van der Waals surface area contributed by atoms with E-state index in [2.05, 4.69) is 0 Å².